The topological polar surface area (TPSA) is 169 Å². The maximum absolute atomic E-state index is 11.5. The molecule has 4 fully saturated rings. The minimum atomic E-state index is -1.64. The van der Waals surface area contributed by atoms with Crippen LogP contribution < -0.4 is 0 Å². The van der Waals surface area contributed by atoms with Crippen LogP contribution in [0, 0.1) is 11.3 Å². The number of aromatic nitrogens is 4. The van der Waals surface area contributed by atoms with Gasteiger partial charge in [0.2, 0.25) is 11.4 Å². The molecule has 0 bridgehead atoms. The number of aliphatic hydroxyl groups is 1. The molecule has 4 saturated heterocycles. The summed E-state index contributed by atoms with van der Waals surface area (Å²) in [6, 6.07) is 2.37. The lowest BCUT2D eigenvalue weighted by Gasteiger charge is -2.29. The number of methoxy groups -OCH3 is 2. The highest BCUT2D eigenvalue weighted by molar-refractivity contribution is 7.99. The van der Waals surface area contributed by atoms with Crippen molar-refractivity contribution in [2.75, 3.05) is 39.9 Å². The van der Waals surface area contributed by atoms with Crippen LogP contribution in [-0.2, 0) is 49.3 Å². The molecule has 18 heteroatoms. The van der Waals surface area contributed by atoms with Gasteiger partial charge in [-0.25, -0.2) is 19.9 Å². The third-order valence-corrected chi connectivity index (χ3v) is 12.6. The molecule has 274 valence electrons. The summed E-state index contributed by atoms with van der Waals surface area (Å²) in [5.74, 6) is -3.23. The van der Waals surface area contributed by atoms with E-state index in [4.69, 9.17) is 37.9 Å². The molecule has 14 nitrogen and oxygen atoms in total. The van der Waals surface area contributed by atoms with E-state index in [9.17, 15) is 10.4 Å². The first-order chi connectivity index (χ1) is 24.3. The standard InChI is InChI=1S/C17H19N3O4S2.C16H20N2O5S2/c1-16(2)23-12-10(5-21-3)22-17(7-18,13(12)24-16)14-11-9(6-26-14)15(25-4)20-8-19-11;1-15(2)22-11-9(5-20-3)21-16(19,12(11)23-15)13-10-8(6-25-13)14(24-4)18-7-17-10/h6,8,10,12-13H,5H2,1-4H3;6-7,9,11-12,19H,5H2,1-4H3/t10-,12-,13-,17-;9-,11-,12-,16?/m11/s1. The van der Waals surface area contributed by atoms with E-state index in [2.05, 4.69) is 26.0 Å². The number of rotatable bonds is 8. The van der Waals surface area contributed by atoms with Crippen molar-refractivity contribution < 1.29 is 43.0 Å². The number of nitriles is 1. The molecule has 8 atom stereocenters. The maximum Gasteiger partial charge on any atom is 0.234 e. The van der Waals surface area contributed by atoms with Gasteiger partial charge < -0.3 is 43.0 Å². The molecule has 0 radical (unpaired) electrons. The number of thioether (sulfide) groups is 2. The summed E-state index contributed by atoms with van der Waals surface area (Å²) in [4.78, 5) is 18.7. The van der Waals surface area contributed by atoms with Crippen molar-refractivity contribution in [2.45, 2.75) is 97.3 Å². The molecule has 1 N–H and O–H groups in total. The van der Waals surface area contributed by atoms with E-state index >= 15 is 0 Å². The third kappa shape index (κ3) is 6.27. The van der Waals surface area contributed by atoms with E-state index in [1.807, 2.05) is 51.0 Å². The Morgan fingerprint density at radius 2 is 1.24 bits per heavy atom. The fraction of sp³-hybridized carbons (Fsp3) is 0.606. The third-order valence-electron chi connectivity index (χ3n) is 9.04. The average Bonchev–Trinajstić information content (AvgIpc) is 3.94. The van der Waals surface area contributed by atoms with Gasteiger partial charge in [-0.3, -0.25) is 0 Å². The fourth-order valence-electron chi connectivity index (χ4n) is 7.09. The Kier molecular flexibility index (Phi) is 10.2. The summed E-state index contributed by atoms with van der Waals surface area (Å²) in [7, 11) is 3.19. The molecule has 8 rings (SSSR count). The smallest absolute Gasteiger partial charge is 0.234 e. The number of thiophene rings is 2. The molecule has 4 aromatic heterocycles. The first-order valence-electron chi connectivity index (χ1n) is 16.1. The van der Waals surface area contributed by atoms with Gasteiger partial charge in [0.15, 0.2) is 11.6 Å². The predicted molar refractivity (Wildman–Crippen MR) is 191 cm³/mol. The molecule has 0 spiro atoms. The Morgan fingerprint density at radius 1 is 0.745 bits per heavy atom. The number of hydrogen-bond donors (Lipinski definition) is 1. The first kappa shape index (κ1) is 37.2. The van der Waals surface area contributed by atoms with Crippen LogP contribution in [0.4, 0.5) is 0 Å². The first-order valence-corrected chi connectivity index (χ1v) is 20.3. The minimum Gasteiger partial charge on any atom is -0.382 e. The Bertz CT molecular complexity index is 1950. The molecule has 4 aliphatic rings. The predicted octanol–water partition coefficient (Wildman–Crippen LogP) is 4.82. The van der Waals surface area contributed by atoms with E-state index in [0.717, 1.165) is 31.2 Å². The van der Waals surface area contributed by atoms with Crippen molar-refractivity contribution in [2.24, 2.45) is 0 Å². The van der Waals surface area contributed by atoms with Crippen LogP contribution in [0.3, 0.4) is 0 Å². The van der Waals surface area contributed by atoms with E-state index in [-0.39, 0.29) is 6.10 Å². The number of fused-ring (bicyclic) bond motifs is 4. The van der Waals surface area contributed by atoms with Gasteiger partial charge in [0.1, 0.15) is 65.4 Å². The highest BCUT2D eigenvalue weighted by Gasteiger charge is 2.66. The van der Waals surface area contributed by atoms with Gasteiger partial charge in [0, 0.05) is 35.8 Å². The van der Waals surface area contributed by atoms with Crippen LogP contribution >= 0.6 is 46.2 Å². The van der Waals surface area contributed by atoms with Crippen molar-refractivity contribution in [3.05, 3.63) is 33.2 Å². The van der Waals surface area contributed by atoms with Gasteiger partial charge in [-0.15, -0.1) is 46.2 Å². The second kappa shape index (κ2) is 14.0. The highest BCUT2D eigenvalue weighted by atomic mass is 32.2. The van der Waals surface area contributed by atoms with E-state index in [0.29, 0.717) is 23.6 Å². The molecule has 4 aliphatic heterocycles. The molecule has 51 heavy (non-hydrogen) atoms. The molecule has 0 amide bonds. The van der Waals surface area contributed by atoms with Gasteiger partial charge in [0.05, 0.1) is 34.0 Å². The van der Waals surface area contributed by atoms with Crippen LogP contribution in [0.1, 0.15) is 37.4 Å². The second-order valence-corrected chi connectivity index (χ2v) is 16.6. The summed E-state index contributed by atoms with van der Waals surface area (Å²) in [5.41, 5.74) is 0.107. The molecule has 0 aromatic carbocycles. The summed E-state index contributed by atoms with van der Waals surface area (Å²) in [5, 5.41) is 29.1. The van der Waals surface area contributed by atoms with Crippen LogP contribution in [0.5, 0.6) is 0 Å². The van der Waals surface area contributed by atoms with Crippen molar-refractivity contribution in [1.29, 1.82) is 5.26 Å². The molecule has 0 aliphatic carbocycles. The number of nitrogens with zero attached hydrogens (tertiary/aromatic N) is 5. The molecule has 4 aromatic rings. The van der Waals surface area contributed by atoms with Crippen LogP contribution in [0.25, 0.3) is 21.8 Å². The maximum atomic E-state index is 11.5. The summed E-state index contributed by atoms with van der Waals surface area (Å²) >= 11 is 5.92. The van der Waals surface area contributed by atoms with Gasteiger partial charge >= 0.3 is 0 Å². The van der Waals surface area contributed by atoms with E-state index in [1.54, 1.807) is 26.0 Å². The summed E-state index contributed by atoms with van der Waals surface area (Å²) < 4.78 is 46.9. The number of hydrogen-bond acceptors (Lipinski definition) is 18. The quantitative estimate of drug-likeness (QED) is 0.191. The minimum absolute atomic E-state index is 0.303. The lowest BCUT2D eigenvalue weighted by molar-refractivity contribution is -0.282. The van der Waals surface area contributed by atoms with Crippen LogP contribution in [0.15, 0.2) is 33.5 Å². The Hall–Kier alpha value is -2.09. The molecular formula is C33H39N5O9S4. The monoisotopic (exact) mass is 777 g/mol. The Labute approximate surface area is 311 Å². The van der Waals surface area contributed by atoms with Crippen molar-refractivity contribution in [3.63, 3.8) is 0 Å². The fourth-order valence-corrected chi connectivity index (χ4v) is 10.5. The van der Waals surface area contributed by atoms with Crippen LogP contribution in [0.2, 0.25) is 0 Å². The summed E-state index contributed by atoms with van der Waals surface area (Å²) in [6.07, 6.45) is 4.10. The lowest BCUT2D eigenvalue weighted by atomic mass is 9.93. The largest absolute Gasteiger partial charge is 0.382 e. The van der Waals surface area contributed by atoms with E-state index < -0.39 is 53.5 Å². The zero-order chi connectivity index (χ0) is 36.3. The van der Waals surface area contributed by atoms with Crippen molar-refractivity contribution in [3.8, 4) is 6.07 Å². The van der Waals surface area contributed by atoms with E-state index in [1.165, 1.54) is 47.1 Å². The highest BCUT2D eigenvalue weighted by Crippen LogP contribution is 2.53. The molecular weight excluding hydrogens is 739 g/mol. The van der Waals surface area contributed by atoms with Crippen molar-refractivity contribution in [1.82, 2.24) is 19.9 Å². The van der Waals surface area contributed by atoms with Gasteiger partial charge in [0.25, 0.3) is 0 Å². The summed E-state index contributed by atoms with van der Waals surface area (Å²) in [6.45, 7) is 7.97. The molecule has 8 heterocycles. The zero-order valence-electron chi connectivity index (χ0n) is 29.3. The zero-order valence-corrected chi connectivity index (χ0v) is 32.5. The van der Waals surface area contributed by atoms with Gasteiger partial charge in [-0.1, -0.05) is 0 Å². The van der Waals surface area contributed by atoms with Crippen molar-refractivity contribution >= 4 is 68.0 Å². The Balaban J connectivity index is 0.000000159. The van der Waals surface area contributed by atoms with Gasteiger partial charge in [-0.05, 0) is 40.2 Å². The molecule has 0 saturated carbocycles. The normalized spacial score (nSPS) is 33.3. The average molecular weight is 778 g/mol. The SMILES string of the molecule is COC[C@H]1OC(O)(c2scc3c(SC)ncnc23)[C@@H]2OC(C)(C)O[C@@H]21.COC[C@H]1O[C@@](C#N)(c2scc3c(SC)ncnc23)[C@@H]2OC(C)(C)O[C@@H]21. The second-order valence-electron chi connectivity index (χ2n) is 13.2. The van der Waals surface area contributed by atoms with Gasteiger partial charge in [-0.2, -0.15) is 5.26 Å². The lowest BCUT2D eigenvalue weighted by Crippen LogP contribution is -2.40. The Morgan fingerprint density at radius 3 is 1.76 bits per heavy atom. The number of ether oxygens (including phenoxy) is 8. The van der Waals surface area contributed by atoms with Crippen LogP contribution in [-0.4, -0.2) is 113 Å². The molecule has 1 unspecified atom stereocenters.